The van der Waals surface area contributed by atoms with E-state index in [0.717, 1.165) is 0 Å². The number of carboxylic acids is 1. The van der Waals surface area contributed by atoms with Gasteiger partial charge in [0, 0.05) is 5.56 Å². The molecule has 0 radical (unpaired) electrons. The minimum atomic E-state index is -3.00. The number of aliphatic carboxylic acids is 1. The maximum atomic E-state index is 12.4. The van der Waals surface area contributed by atoms with E-state index in [1.807, 2.05) is 13.8 Å². The van der Waals surface area contributed by atoms with Gasteiger partial charge >= 0.3 is 12.6 Å². The number of carbonyl (C=O) groups is 1. The zero-order valence-corrected chi connectivity index (χ0v) is 11.7. The van der Waals surface area contributed by atoms with E-state index in [1.54, 1.807) is 6.07 Å². The van der Waals surface area contributed by atoms with Gasteiger partial charge in [0.15, 0.2) is 0 Å². The maximum absolute atomic E-state index is 12.4. The van der Waals surface area contributed by atoms with Crippen LogP contribution < -0.4 is 10.1 Å². The van der Waals surface area contributed by atoms with Gasteiger partial charge in [-0.05, 0) is 25.5 Å². The van der Waals surface area contributed by atoms with Crippen LogP contribution in [0.1, 0.15) is 26.3 Å². The summed E-state index contributed by atoms with van der Waals surface area (Å²) >= 11 is 0. The van der Waals surface area contributed by atoms with Gasteiger partial charge in [0.1, 0.15) is 11.3 Å². The van der Waals surface area contributed by atoms with Crippen LogP contribution in [0.4, 0.5) is 8.78 Å². The van der Waals surface area contributed by atoms with Crippen molar-refractivity contribution in [3.63, 3.8) is 0 Å². The van der Waals surface area contributed by atoms with Crippen molar-refractivity contribution in [1.82, 2.24) is 5.32 Å². The van der Waals surface area contributed by atoms with Crippen LogP contribution in [0.25, 0.3) is 0 Å². The second-order valence-corrected chi connectivity index (χ2v) is 5.08. The Kier molecular flexibility index (Phi) is 5.44. The van der Waals surface area contributed by atoms with Gasteiger partial charge in [0.05, 0.1) is 0 Å². The van der Waals surface area contributed by atoms with Crippen molar-refractivity contribution in [3.05, 3.63) is 29.8 Å². The molecular formula is C14H19F2NO3. The standard InChI is InChI=1S/C14H19F2NO3/c1-9(2)8-17-14(3,12(18)19)10-6-4-5-7-11(10)20-13(15)16/h4-7,9,13,17H,8H2,1-3H3,(H,18,19). The van der Waals surface area contributed by atoms with Crippen molar-refractivity contribution in [3.8, 4) is 5.75 Å². The van der Waals surface area contributed by atoms with Gasteiger partial charge in [0.25, 0.3) is 0 Å². The second kappa shape index (κ2) is 6.65. The first-order valence-electron chi connectivity index (χ1n) is 6.30. The lowest BCUT2D eigenvalue weighted by Crippen LogP contribution is -2.48. The number of nitrogens with one attached hydrogen (secondary N) is 1. The molecule has 20 heavy (non-hydrogen) atoms. The van der Waals surface area contributed by atoms with Crippen molar-refractivity contribution < 1.29 is 23.4 Å². The minimum absolute atomic E-state index is 0.136. The number of ether oxygens (including phenoxy) is 1. The van der Waals surface area contributed by atoms with E-state index in [4.69, 9.17) is 0 Å². The highest BCUT2D eigenvalue weighted by atomic mass is 19.3. The molecule has 1 aromatic rings. The lowest BCUT2D eigenvalue weighted by molar-refractivity contribution is -0.145. The first-order valence-corrected chi connectivity index (χ1v) is 6.30. The third-order valence-electron chi connectivity index (χ3n) is 2.93. The van der Waals surface area contributed by atoms with Crippen molar-refractivity contribution in [2.45, 2.75) is 32.9 Å². The quantitative estimate of drug-likeness (QED) is 0.809. The fourth-order valence-electron chi connectivity index (χ4n) is 1.77. The van der Waals surface area contributed by atoms with Crippen LogP contribution >= 0.6 is 0 Å². The Morgan fingerprint density at radius 3 is 2.50 bits per heavy atom. The molecule has 1 aromatic carbocycles. The number of hydrogen-bond acceptors (Lipinski definition) is 3. The lowest BCUT2D eigenvalue weighted by atomic mass is 9.90. The molecule has 0 aliphatic heterocycles. The number of alkyl halides is 2. The van der Waals surface area contributed by atoms with Crippen LogP contribution in [-0.2, 0) is 10.3 Å². The fourth-order valence-corrected chi connectivity index (χ4v) is 1.77. The summed E-state index contributed by atoms with van der Waals surface area (Å²) < 4.78 is 29.2. The van der Waals surface area contributed by atoms with Gasteiger partial charge in [-0.2, -0.15) is 8.78 Å². The molecular weight excluding hydrogens is 268 g/mol. The minimum Gasteiger partial charge on any atom is -0.480 e. The number of hydrogen-bond donors (Lipinski definition) is 2. The molecule has 1 unspecified atom stereocenters. The molecule has 0 heterocycles. The molecule has 0 saturated heterocycles. The molecule has 4 nitrogen and oxygen atoms in total. The van der Waals surface area contributed by atoms with E-state index in [1.165, 1.54) is 25.1 Å². The predicted molar refractivity (Wildman–Crippen MR) is 70.9 cm³/mol. The fraction of sp³-hybridized carbons (Fsp3) is 0.500. The molecule has 1 rings (SSSR count). The first kappa shape index (κ1) is 16.4. The maximum Gasteiger partial charge on any atom is 0.387 e. The molecule has 6 heteroatoms. The molecule has 0 amide bonds. The highest BCUT2D eigenvalue weighted by molar-refractivity contribution is 5.81. The van der Waals surface area contributed by atoms with E-state index in [2.05, 4.69) is 10.1 Å². The molecule has 0 spiro atoms. The van der Waals surface area contributed by atoms with Gasteiger partial charge in [-0.25, -0.2) is 4.79 Å². The summed E-state index contributed by atoms with van der Waals surface area (Å²) in [5.74, 6) is -1.07. The zero-order chi connectivity index (χ0) is 15.3. The predicted octanol–water partition coefficient (Wildman–Crippen LogP) is 2.83. The zero-order valence-electron chi connectivity index (χ0n) is 11.7. The molecule has 0 aliphatic carbocycles. The van der Waals surface area contributed by atoms with Gasteiger partial charge in [-0.15, -0.1) is 0 Å². The number of para-hydroxylation sites is 1. The van der Waals surface area contributed by atoms with Crippen molar-refractivity contribution in [2.24, 2.45) is 5.92 Å². The third kappa shape index (κ3) is 3.90. The van der Waals surface area contributed by atoms with Crippen molar-refractivity contribution >= 4 is 5.97 Å². The summed E-state index contributed by atoms with van der Waals surface area (Å²) in [6.45, 7) is 2.73. The number of benzene rings is 1. The number of rotatable bonds is 7. The third-order valence-corrected chi connectivity index (χ3v) is 2.93. The summed E-state index contributed by atoms with van der Waals surface area (Å²) in [6.07, 6.45) is 0. The van der Waals surface area contributed by atoms with E-state index in [-0.39, 0.29) is 17.2 Å². The number of halogens is 2. The van der Waals surface area contributed by atoms with Gasteiger partial charge < -0.3 is 9.84 Å². The molecule has 112 valence electrons. The number of carboxylic acid groups (broad SMARTS) is 1. The van der Waals surface area contributed by atoms with Crippen molar-refractivity contribution in [2.75, 3.05) is 6.54 Å². The molecule has 0 aliphatic rings. The average Bonchev–Trinajstić information content (AvgIpc) is 2.35. The molecule has 2 N–H and O–H groups in total. The summed E-state index contributed by atoms with van der Waals surface area (Å²) in [6, 6.07) is 5.91. The summed E-state index contributed by atoms with van der Waals surface area (Å²) in [5, 5.41) is 12.4. The van der Waals surface area contributed by atoms with Crippen LogP contribution in [0, 0.1) is 5.92 Å². The largest absolute Gasteiger partial charge is 0.480 e. The summed E-state index contributed by atoms with van der Waals surface area (Å²) in [4.78, 5) is 11.6. The SMILES string of the molecule is CC(C)CNC(C)(C(=O)O)c1ccccc1OC(F)F. The molecule has 0 aromatic heterocycles. The van der Waals surface area contributed by atoms with Crippen LogP contribution in [0.15, 0.2) is 24.3 Å². The molecule has 0 fully saturated rings. The smallest absolute Gasteiger partial charge is 0.387 e. The molecule has 0 bridgehead atoms. The van der Waals surface area contributed by atoms with Crippen LogP contribution in [-0.4, -0.2) is 24.2 Å². The first-order chi connectivity index (χ1) is 9.27. The van der Waals surface area contributed by atoms with E-state index >= 15 is 0 Å². The Labute approximate surface area is 116 Å². The highest BCUT2D eigenvalue weighted by Crippen LogP contribution is 2.31. The normalized spacial score (nSPS) is 14.3. The van der Waals surface area contributed by atoms with Gasteiger partial charge in [0.2, 0.25) is 0 Å². The van der Waals surface area contributed by atoms with E-state index in [9.17, 15) is 18.7 Å². The lowest BCUT2D eigenvalue weighted by Gasteiger charge is -2.29. The average molecular weight is 287 g/mol. The second-order valence-electron chi connectivity index (χ2n) is 5.08. The Hall–Kier alpha value is -1.69. The van der Waals surface area contributed by atoms with Crippen LogP contribution in [0.2, 0.25) is 0 Å². The Balaban J connectivity index is 3.17. The molecule has 0 saturated carbocycles. The highest BCUT2D eigenvalue weighted by Gasteiger charge is 2.37. The van der Waals surface area contributed by atoms with Gasteiger partial charge in [-0.1, -0.05) is 32.0 Å². The molecule has 1 atom stereocenters. The Bertz CT molecular complexity index is 465. The summed E-state index contributed by atoms with van der Waals surface area (Å²) in [7, 11) is 0. The van der Waals surface area contributed by atoms with E-state index in [0.29, 0.717) is 6.54 Å². The Morgan fingerprint density at radius 1 is 1.40 bits per heavy atom. The topological polar surface area (TPSA) is 58.6 Å². The van der Waals surface area contributed by atoms with E-state index < -0.39 is 18.1 Å². The monoisotopic (exact) mass is 287 g/mol. The van der Waals surface area contributed by atoms with Crippen LogP contribution in [0.5, 0.6) is 5.75 Å². The van der Waals surface area contributed by atoms with Crippen molar-refractivity contribution in [1.29, 1.82) is 0 Å². The van der Waals surface area contributed by atoms with Crippen LogP contribution in [0.3, 0.4) is 0 Å². The Morgan fingerprint density at radius 2 is 2.00 bits per heavy atom. The van der Waals surface area contributed by atoms with Gasteiger partial charge in [-0.3, -0.25) is 5.32 Å². The summed E-state index contributed by atoms with van der Waals surface area (Å²) in [5.41, 5.74) is -1.32.